The van der Waals surface area contributed by atoms with E-state index in [0.29, 0.717) is 22.7 Å². The summed E-state index contributed by atoms with van der Waals surface area (Å²) >= 11 is 6.01. The number of rotatable bonds is 7. The number of hydrazone groups is 1. The SMILES string of the molecule is CN(C)S(=O)(=O)NC(=O)CCC(=O)N1N=C(c2ccc(Cl)cc2)CC1c1ccc2nccnc2c1. The predicted octanol–water partition coefficient (Wildman–Crippen LogP) is 2.66. The van der Waals surface area contributed by atoms with Gasteiger partial charge in [-0.3, -0.25) is 19.6 Å². The summed E-state index contributed by atoms with van der Waals surface area (Å²) in [4.78, 5) is 33.9. The van der Waals surface area contributed by atoms with E-state index in [0.717, 1.165) is 20.9 Å². The molecule has 12 heteroatoms. The van der Waals surface area contributed by atoms with Gasteiger partial charge in [-0.1, -0.05) is 29.8 Å². The lowest BCUT2D eigenvalue weighted by Crippen LogP contribution is -2.39. The molecule has 2 heterocycles. The van der Waals surface area contributed by atoms with Gasteiger partial charge < -0.3 is 0 Å². The Kier molecular flexibility index (Phi) is 7.10. The Morgan fingerprint density at radius 1 is 1.06 bits per heavy atom. The van der Waals surface area contributed by atoms with Crippen LogP contribution in [0.2, 0.25) is 5.02 Å². The number of carbonyl (C=O) groups is 2. The lowest BCUT2D eigenvalue weighted by atomic mass is 9.98. The fourth-order valence-electron chi connectivity index (χ4n) is 3.63. The van der Waals surface area contributed by atoms with Gasteiger partial charge in [-0.15, -0.1) is 0 Å². The highest BCUT2D eigenvalue weighted by atomic mass is 35.5. The van der Waals surface area contributed by atoms with E-state index in [4.69, 9.17) is 11.6 Å². The number of aromatic nitrogens is 2. The Labute approximate surface area is 207 Å². The summed E-state index contributed by atoms with van der Waals surface area (Å²) in [5.74, 6) is -1.18. The molecule has 0 spiro atoms. The van der Waals surface area contributed by atoms with Crippen molar-refractivity contribution < 1.29 is 18.0 Å². The van der Waals surface area contributed by atoms with Crippen molar-refractivity contribution in [1.82, 2.24) is 24.0 Å². The summed E-state index contributed by atoms with van der Waals surface area (Å²) in [6.07, 6.45) is 3.14. The van der Waals surface area contributed by atoms with E-state index in [1.807, 2.05) is 35.1 Å². The van der Waals surface area contributed by atoms with Crippen molar-refractivity contribution in [2.45, 2.75) is 25.3 Å². The third kappa shape index (κ3) is 5.64. The normalized spacial score (nSPS) is 15.9. The number of halogens is 1. The van der Waals surface area contributed by atoms with E-state index in [9.17, 15) is 18.0 Å². The van der Waals surface area contributed by atoms with E-state index >= 15 is 0 Å². The van der Waals surface area contributed by atoms with Crippen LogP contribution in [0.5, 0.6) is 0 Å². The van der Waals surface area contributed by atoms with Gasteiger partial charge in [0.15, 0.2) is 0 Å². The van der Waals surface area contributed by atoms with Gasteiger partial charge in [-0.05, 0) is 35.4 Å². The second-order valence-electron chi connectivity index (χ2n) is 8.13. The number of carbonyl (C=O) groups excluding carboxylic acids is 2. The van der Waals surface area contributed by atoms with Crippen molar-refractivity contribution in [2.75, 3.05) is 14.1 Å². The van der Waals surface area contributed by atoms with Crippen LogP contribution >= 0.6 is 11.6 Å². The van der Waals surface area contributed by atoms with E-state index in [1.54, 1.807) is 24.5 Å². The number of benzene rings is 2. The van der Waals surface area contributed by atoms with Crippen LogP contribution in [-0.2, 0) is 19.8 Å². The monoisotopic (exact) mass is 514 g/mol. The summed E-state index contributed by atoms with van der Waals surface area (Å²) in [5, 5.41) is 6.51. The molecular formula is C23H23ClN6O4S. The van der Waals surface area contributed by atoms with Crippen LogP contribution in [0.15, 0.2) is 60.0 Å². The first-order chi connectivity index (χ1) is 16.6. The van der Waals surface area contributed by atoms with Crippen LogP contribution in [-0.4, -0.2) is 59.3 Å². The Morgan fingerprint density at radius 2 is 1.74 bits per heavy atom. The maximum Gasteiger partial charge on any atom is 0.303 e. The molecule has 1 atom stereocenters. The Morgan fingerprint density at radius 3 is 2.43 bits per heavy atom. The zero-order chi connectivity index (χ0) is 25.2. The Balaban J connectivity index is 1.58. The number of fused-ring (bicyclic) bond motifs is 1. The third-order valence-electron chi connectivity index (χ3n) is 5.51. The molecule has 182 valence electrons. The van der Waals surface area contributed by atoms with Crippen LogP contribution < -0.4 is 4.72 Å². The van der Waals surface area contributed by atoms with E-state index in [2.05, 4.69) is 15.1 Å². The lowest BCUT2D eigenvalue weighted by molar-refractivity contribution is -0.134. The molecule has 0 radical (unpaired) electrons. The minimum Gasteiger partial charge on any atom is -0.274 e. The van der Waals surface area contributed by atoms with Crippen LogP contribution in [0.25, 0.3) is 11.0 Å². The molecule has 4 rings (SSSR count). The highest BCUT2D eigenvalue weighted by molar-refractivity contribution is 7.87. The summed E-state index contributed by atoms with van der Waals surface area (Å²) in [7, 11) is -1.33. The van der Waals surface area contributed by atoms with Gasteiger partial charge in [-0.25, -0.2) is 9.73 Å². The van der Waals surface area contributed by atoms with Gasteiger partial charge in [0, 0.05) is 50.8 Å². The number of amides is 2. The second-order valence-corrected chi connectivity index (χ2v) is 10.4. The Bertz CT molecular complexity index is 1410. The molecule has 2 amide bonds. The summed E-state index contributed by atoms with van der Waals surface area (Å²) in [6, 6.07) is 12.3. The quantitative estimate of drug-likeness (QED) is 0.516. The number of nitrogens with zero attached hydrogens (tertiary/aromatic N) is 5. The van der Waals surface area contributed by atoms with E-state index < -0.39 is 28.1 Å². The van der Waals surface area contributed by atoms with Crippen molar-refractivity contribution in [3.05, 3.63) is 71.0 Å². The molecule has 1 unspecified atom stereocenters. The molecule has 1 aliphatic heterocycles. The summed E-state index contributed by atoms with van der Waals surface area (Å²) < 4.78 is 26.5. The fraction of sp³-hybridized carbons (Fsp3) is 0.261. The molecule has 1 N–H and O–H groups in total. The van der Waals surface area contributed by atoms with Crippen molar-refractivity contribution in [1.29, 1.82) is 0 Å². The molecule has 0 aliphatic carbocycles. The zero-order valence-corrected chi connectivity index (χ0v) is 20.6. The van der Waals surface area contributed by atoms with Crippen LogP contribution in [0.4, 0.5) is 0 Å². The van der Waals surface area contributed by atoms with Crippen molar-refractivity contribution >= 4 is 50.4 Å². The molecule has 1 aliphatic rings. The molecule has 0 fully saturated rings. The molecule has 0 saturated carbocycles. The summed E-state index contributed by atoms with van der Waals surface area (Å²) in [5.41, 5.74) is 3.75. The fourth-order valence-corrected chi connectivity index (χ4v) is 4.32. The van der Waals surface area contributed by atoms with Gasteiger partial charge in [0.25, 0.3) is 0 Å². The lowest BCUT2D eigenvalue weighted by Gasteiger charge is -2.22. The zero-order valence-electron chi connectivity index (χ0n) is 19.1. The first-order valence-electron chi connectivity index (χ1n) is 10.7. The van der Waals surface area contributed by atoms with Crippen molar-refractivity contribution in [2.24, 2.45) is 5.10 Å². The molecule has 35 heavy (non-hydrogen) atoms. The standard InChI is InChI=1S/C23H23ClN6O4S/c1-29(2)35(33,34)28-22(31)9-10-23(32)30-21(14-19(27-30)15-3-6-17(24)7-4-15)16-5-8-18-20(13-16)26-12-11-25-18/h3-8,11-13,21H,9-10,14H2,1-2H3,(H,28,31). The first kappa shape index (κ1) is 24.7. The largest absolute Gasteiger partial charge is 0.303 e. The van der Waals surface area contributed by atoms with Crippen LogP contribution in [0, 0.1) is 0 Å². The van der Waals surface area contributed by atoms with Gasteiger partial charge in [0.05, 0.1) is 22.8 Å². The molecule has 0 bridgehead atoms. The van der Waals surface area contributed by atoms with Crippen LogP contribution in [0.1, 0.15) is 36.4 Å². The highest BCUT2D eigenvalue weighted by Crippen LogP contribution is 2.34. The van der Waals surface area contributed by atoms with Crippen molar-refractivity contribution in [3.63, 3.8) is 0 Å². The maximum absolute atomic E-state index is 13.2. The average Bonchev–Trinajstić information content (AvgIpc) is 3.28. The maximum atomic E-state index is 13.2. The number of hydrogen-bond acceptors (Lipinski definition) is 7. The van der Waals surface area contributed by atoms with Gasteiger partial charge >= 0.3 is 10.2 Å². The van der Waals surface area contributed by atoms with Gasteiger partial charge in [0.1, 0.15) is 0 Å². The molecule has 10 nitrogen and oxygen atoms in total. The minimum absolute atomic E-state index is 0.212. The molecule has 0 saturated heterocycles. The molecule has 2 aromatic carbocycles. The third-order valence-corrected chi connectivity index (χ3v) is 7.21. The number of hydrogen-bond donors (Lipinski definition) is 1. The summed E-state index contributed by atoms with van der Waals surface area (Å²) in [6.45, 7) is 0. The topological polar surface area (TPSA) is 125 Å². The molecule has 3 aromatic rings. The van der Waals surface area contributed by atoms with Gasteiger partial charge in [-0.2, -0.15) is 17.8 Å². The Hall–Kier alpha value is -3.41. The van der Waals surface area contributed by atoms with Gasteiger partial charge in [0.2, 0.25) is 11.8 Å². The first-order valence-corrected chi connectivity index (χ1v) is 12.5. The minimum atomic E-state index is -3.93. The van der Waals surface area contributed by atoms with E-state index in [-0.39, 0.29) is 12.8 Å². The smallest absolute Gasteiger partial charge is 0.274 e. The molecule has 1 aromatic heterocycles. The second kappa shape index (κ2) is 10.1. The van der Waals surface area contributed by atoms with Crippen molar-refractivity contribution in [3.8, 4) is 0 Å². The van der Waals surface area contributed by atoms with E-state index in [1.165, 1.54) is 19.1 Å². The number of nitrogens with one attached hydrogen (secondary N) is 1. The predicted molar refractivity (Wildman–Crippen MR) is 132 cm³/mol. The van der Waals surface area contributed by atoms with Crippen LogP contribution in [0.3, 0.4) is 0 Å². The highest BCUT2D eigenvalue weighted by Gasteiger charge is 2.33. The average molecular weight is 515 g/mol. The molecular weight excluding hydrogens is 492 g/mol.